The largest absolute Gasteiger partial charge is 0.356 e. The molecule has 1 atom stereocenters. The molecule has 0 aliphatic carbocycles. The van der Waals surface area contributed by atoms with Gasteiger partial charge in [-0.15, -0.1) is 0 Å². The van der Waals surface area contributed by atoms with Crippen molar-refractivity contribution in [2.45, 2.75) is 32.7 Å². The Morgan fingerprint density at radius 3 is 3.19 bits per heavy atom. The number of aromatic nitrogens is 1. The van der Waals surface area contributed by atoms with E-state index in [1.165, 1.54) is 24.8 Å². The molecular weight excluding hydrogens is 198 g/mol. The number of pyridine rings is 1. The monoisotopic (exact) mass is 219 g/mol. The van der Waals surface area contributed by atoms with Gasteiger partial charge in [0.15, 0.2) is 0 Å². The second-order valence-electron chi connectivity index (χ2n) is 4.62. The smallest absolute Gasteiger partial charge is 0.128 e. The molecule has 0 bridgehead atoms. The van der Waals surface area contributed by atoms with E-state index in [0.717, 1.165) is 24.8 Å². The van der Waals surface area contributed by atoms with Gasteiger partial charge in [-0.3, -0.25) is 0 Å². The summed E-state index contributed by atoms with van der Waals surface area (Å²) in [6.45, 7) is 5.16. The first kappa shape index (κ1) is 11.4. The van der Waals surface area contributed by atoms with Crippen LogP contribution in [0.2, 0.25) is 0 Å². The average Bonchev–Trinajstić information content (AvgIpc) is 2.78. The molecule has 1 aromatic rings. The van der Waals surface area contributed by atoms with Gasteiger partial charge in [0.2, 0.25) is 0 Å². The van der Waals surface area contributed by atoms with Crippen LogP contribution >= 0.6 is 0 Å². The Kier molecular flexibility index (Phi) is 3.78. The predicted octanol–water partition coefficient (Wildman–Crippen LogP) is 2.17. The maximum atomic E-state index is 5.65. The van der Waals surface area contributed by atoms with Gasteiger partial charge >= 0.3 is 0 Å². The molecule has 1 saturated heterocycles. The minimum atomic E-state index is 0.599. The van der Waals surface area contributed by atoms with Crippen LogP contribution in [0, 0.1) is 5.92 Å². The normalized spacial score (nSPS) is 20.4. The van der Waals surface area contributed by atoms with Gasteiger partial charge in [0.25, 0.3) is 0 Å². The van der Waals surface area contributed by atoms with E-state index in [1.807, 2.05) is 12.3 Å². The third kappa shape index (κ3) is 2.53. The van der Waals surface area contributed by atoms with Crippen LogP contribution < -0.4 is 10.6 Å². The SMILES string of the molecule is CCCC1CCN(c2cc(CN)ccn2)C1. The first-order chi connectivity index (χ1) is 7.83. The minimum Gasteiger partial charge on any atom is -0.356 e. The van der Waals surface area contributed by atoms with Crippen molar-refractivity contribution in [1.29, 1.82) is 0 Å². The van der Waals surface area contributed by atoms with E-state index < -0.39 is 0 Å². The van der Waals surface area contributed by atoms with E-state index in [2.05, 4.69) is 22.9 Å². The first-order valence-electron chi connectivity index (χ1n) is 6.23. The lowest BCUT2D eigenvalue weighted by atomic mass is 10.0. The summed E-state index contributed by atoms with van der Waals surface area (Å²) >= 11 is 0. The second-order valence-corrected chi connectivity index (χ2v) is 4.62. The molecular formula is C13H21N3. The van der Waals surface area contributed by atoms with Gasteiger partial charge in [-0.25, -0.2) is 4.98 Å². The highest BCUT2D eigenvalue weighted by Gasteiger charge is 2.22. The lowest BCUT2D eigenvalue weighted by Gasteiger charge is -2.17. The van der Waals surface area contributed by atoms with Crippen LogP contribution in [0.4, 0.5) is 5.82 Å². The molecule has 16 heavy (non-hydrogen) atoms. The van der Waals surface area contributed by atoms with Gasteiger partial charge in [0, 0.05) is 25.8 Å². The molecule has 1 aliphatic heterocycles. The zero-order valence-electron chi connectivity index (χ0n) is 10.0. The summed E-state index contributed by atoms with van der Waals surface area (Å²) in [5.74, 6) is 1.95. The molecule has 0 aromatic carbocycles. The van der Waals surface area contributed by atoms with Gasteiger partial charge < -0.3 is 10.6 Å². The van der Waals surface area contributed by atoms with Crippen molar-refractivity contribution < 1.29 is 0 Å². The van der Waals surface area contributed by atoms with Crippen molar-refractivity contribution in [3.8, 4) is 0 Å². The molecule has 1 aromatic heterocycles. The first-order valence-corrected chi connectivity index (χ1v) is 6.23. The fourth-order valence-electron chi connectivity index (χ4n) is 2.45. The van der Waals surface area contributed by atoms with Crippen molar-refractivity contribution in [2.24, 2.45) is 11.7 Å². The molecule has 0 radical (unpaired) electrons. The molecule has 0 saturated carbocycles. The molecule has 0 spiro atoms. The average molecular weight is 219 g/mol. The third-order valence-electron chi connectivity index (χ3n) is 3.35. The van der Waals surface area contributed by atoms with Gasteiger partial charge in [-0.2, -0.15) is 0 Å². The Morgan fingerprint density at radius 2 is 2.44 bits per heavy atom. The highest BCUT2D eigenvalue weighted by Crippen LogP contribution is 2.25. The summed E-state index contributed by atoms with van der Waals surface area (Å²) in [5, 5.41) is 0. The Hall–Kier alpha value is -1.09. The highest BCUT2D eigenvalue weighted by atomic mass is 15.2. The number of nitrogens with two attached hydrogens (primary N) is 1. The van der Waals surface area contributed by atoms with Gasteiger partial charge in [-0.1, -0.05) is 13.3 Å². The van der Waals surface area contributed by atoms with E-state index in [4.69, 9.17) is 5.73 Å². The molecule has 1 aliphatic rings. The van der Waals surface area contributed by atoms with Crippen LogP contribution in [0.1, 0.15) is 31.7 Å². The molecule has 1 fully saturated rings. The summed E-state index contributed by atoms with van der Waals surface area (Å²) in [5.41, 5.74) is 6.82. The van der Waals surface area contributed by atoms with E-state index in [-0.39, 0.29) is 0 Å². The Labute approximate surface area is 97.7 Å². The predicted molar refractivity (Wildman–Crippen MR) is 67.4 cm³/mol. The van der Waals surface area contributed by atoms with E-state index in [9.17, 15) is 0 Å². The summed E-state index contributed by atoms with van der Waals surface area (Å²) < 4.78 is 0. The number of hydrogen-bond donors (Lipinski definition) is 1. The molecule has 88 valence electrons. The molecule has 0 amide bonds. The van der Waals surface area contributed by atoms with E-state index >= 15 is 0 Å². The van der Waals surface area contributed by atoms with Crippen molar-refractivity contribution >= 4 is 5.82 Å². The van der Waals surface area contributed by atoms with Crippen molar-refractivity contribution in [2.75, 3.05) is 18.0 Å². The van der Waals surface area contributed by atoms with Gasteiger partial charge in [-0.05, 0) is 36.5 Å². The van der Waals surface area contributed by atoms with E-state index in [0.29, 0.717) is 6.54 Å². The Balaban J connectivity index is 2.02. The van der Waals surface area contributed by atoms with Crippen LogP contribution in [-0.2, 0) is 6.54 Å². The highest BCUT2D eigenvalue weighted by molar-refractivity contribution is 5.42. The Bertz CT molecular complexity index is 338. The van der Waals surface area contributed by atoms with Gasteiger partial charge in [0.1, 0.15) is 5.82 Å². The quantitative estimate of drug-likeness (QED) is 0.844. The zero-order valence-corrected chi connectivity index (χ0v) is 10.0. The topological polar surface area (TPSA) is 42.1 Å². The summed E-state index contributed by atoms with van der Waals surface area (Å²) in [4.78, 5) is 6.82. The van der Waals surface area contributed by atoms with E-state index in [1.54, 1.807) is 0 Å². The molecule has 3 heteroatoms. The van der Waals surface area contributed by atoms with Crippen LogP contribution in [0.15, 0.2) is 18.3 Å². The van der Waals surface area contributed by atoms with Crippen LogP contribution in [-0.4, -0.2) is 18.1 Å². The molecule has 1 unspecified atom stereocenters. The molecule has 2 N–H and O–H groups in total. The second kappa shape index (κ2) is 5.30. The summed E-state index contributed by atoms with van der Waals surface area (Å²) in [7, 11) is 0. The van der Waals surface area contributed by atoms with Gasteiger partial charge in [0.05, 0.1) is 0 Å². The maximum Gasteiger partial charge on any atom is 0.128 e. The zero-order chi connectivity index (χ0) is 11.4. The Morgan fingerprint density at radius 1 is 1.56 bits per heavy atom. The fourth-order valence-corrected chi connectivity index (χ4v) is 2.45. The number of rotatable bonds is 4. The third-order valence-corrected chi connectivity index (χ3v) is 3.35. The van der Waals surface area contributed by atoms with Crippen molar-refractivity contribution in [3.05, 3.63) is 23.9 Å². The lowest BCUT2D eigenvalue weighted by Crippen LogP contribution is -2.21. The molecule has 2 rings (SSSR count). The number of anilines is 1. The molecule has 3 nitrogen and oxygen atoms in total. The maximum absolute atomic E-state index is 5.65. The minimum absolute atomic E-state index is 0.599. The number of nitrogens with zero attached hydrogens (tertiary/aromatic N) is 2. The van der Waals surface area contributed by atoms with Crippen molar-refractivity contribution in [1.82, 2.24) is 4.98 Å². The van der Waals surface area contributed by atoms with Crippen LogP contribution in [0.3, 0.4) is 0 Å². The van der Waals surface area contributed by atoms with Crippen LogP contribution in [0.25, 0.3) is 0 Å². The summed E-state index contributed by atoms with van der Waals surface area (Å²) in [6.07, 6.45) is 5.80. The number of hydrogen-bond acceptors (Lipinski definition) is 3. The van der Waals surface area contributed by atoms with Crippen LogP contribution in [0.5, 0.6) is 0 Å². The fraction of sp³-hybridized carbons (Fsp3) is 0.615. The van der Waals surface area contributed by atoms with Crippen molar-refractivity contribution in [3.63, 3.8) is 0 Å². The summed E-state index contributed by atoms with van der Waals surface area (Å²) in [6, 6.07) is 4.11. The molecule has 2 heterocycles. The lowest BCUT2D eigenvalue weighted by molar-refractivity contribution is 0.529. The standard InChI is InChI=1S/C13H21N3/c1-2-3-11-5-7-16(10-11)13-8-12(9-14)4-6-15-13/h4,6,8,11H,2-3,5,7,9-10,14H2,1H3.